The summed E-state index contributed by atoms with van der Waals surface area (Å²) in [5.41, 5.74) is 4.74. The summed E-state index contributed by atoms with van der Waals surface area (Å²) >= 11 is 0. The number of carbonyl (C=O) groups excluding carboxylic acids is 2. The molecule has 1 aromatic heterocycles. The van der Waals surface area contributed by atoms with Crippen LogP contribution < -0.4 is 11.1 Å². The first kappa shape index (κ1) is 15.0. The number of primary amides is 1. The van der Waals surface area contributed by atoms with Crippen LogP contribution in [0.3, 0.4) is 0 Å². The third kappa shape index (κ3) is 2.41. The highest BCUT2D eigenvalue weighted by molar-refractivity contribution is 5.88. The van der Waals surface area contributed by atoms with Crippen molar-refractivity contribution in [2.45, 2.75) is 18.4 Å². The predicted octanol–water partition coefficient (Wildman–Crippen LogP) is 0.863. The molecule has 2 atom stereocenters. The van der Waals surface area contributed by atoms with Crippen LogP contribution in [0, 0.1) is 5.82 Å². The first-order chi connectivity index (χ1) is 10.9. The van der Waals surface area contributed by atoms with Gasteiger partial charge < -0.3 is 15.8 Å². The van der Waals surface area contributed by atoms with Crippen LogP contribution in [0.5, 0.6) is 0 Å². The van der Waals surface area contributed by atoms with Crippen molar-refractivity contribution in [2.24, 2.45) is 5.73 Å². The fourth-order valence-electron chi connectivity index (χ4n) is 2.62. The average molecular weight is 318 g/mol. The predicted molar refractivity (Wildman–Crippen MR) is 78.3 cm³/mol. The SMILES string of the molecule is CC(C(N)=O)(c1ccc(-n2cccn2)c(F)c1)C1CNC(=O)O1. The summed E-state index contributed by atoms with van der Waals surface area (Å²) in [4.78, 5) is 23.3. The molecule has 1 saturated heterocycles. The van der Waals surface area contributed by atoms with E-state index < -0.39 is 29.3 Å². The van der Waals surface area contributed by atoms with Gasteiger partial charge in [-0.2, -0.15) is 5.10 Å². The molecule has 1 aromatic carbocycles. The van der Waals surface area contributed by atoms with E-state index in [9.17, 15) is 14.0 Å². The summed E-state index contributed by atoms with van der Waals surface area (Å²) in [7, 11) is 0. The van der Waals surface area contributed by atoms with E-state index in [4.69, 9.17) is 10.5 Å². The monoisotopic (exact) mass is 318 g/mol. The number of carbonyl (C=O) groups is 2. The molecule has 2 amide bonds. The fourth-order valence-corrected chi connectivity index (χ4v) is 2.62. The number of nitrogens with one attached hydrogen (secondary N) is 1. The van der Waals surface area contributed by atoms with Crippen molar-refractivity contribution in [1.82, 2.24) is 15.1 Å². The van der Waals surface area contributed by atoms with Crippen molar-refractivity contribution in [1.29, 1.82) is 0 Å². The Bertz CT molecular complexity index is 762. The Morgan fingerprint density at radius 2 is 2.35 bits per heavy atom. The standard InChI is InChI=1S/C15H15FN4O3/c1-15(13(17)21,12-8-18-14(22)23-12)9-3-4-11(10(16)7-9)20-6-2-5-19-20/h2-7,12H,8H2,1H3,(H2,17,21)(H,18,22). The van der Waals surface area contributed by atoms with Crippen molar-refractivity contribution in [3.8, 4) is 5.69 Å². The van der Waals surface area contributed by atoms with Gasteiger partial charge in [-0.05, 0) is 30.7 Å². The van der Waals surface area contributed by atoms with Crippen LogP contribution in [0.1, 0.15) is 12.5 Å². The topological polar surface area (TPSA) is 99.2 Å². The molecular weight excluding hydrogens is 303 g/mol. The number of hydrogen-bond donors (Lipinski definition) is 2. The number of hydrogen-bond acceptors (Lipinski definition) is 4. The lowest BCUT2D eigenvalue weighted by Gasteiger charge is -2.31. The van der Waals surface area contributed by atoms with Gasteiger partial charge in [0.2, 0.25) is 5.91 Å². The Hall–Kier alpha value is -2.90. The van der Waals surface area contributed by atoms with E-state index in [0.29, 0.717) is 5.56 Å². The lowest BCUT2D eigenvalue weighted by molar-refractivity contribution is -0.126. The molecule has 2 unspecified atom stereocenters. The molecule has 0 bridgehead atoms. The van der Waals surface area contributed by atoms with Crippen molar-refractivity contribution >= 4 is 12.0 Å². The van der Waals surface area contributed by atoms with Crippen molar-refractivity contribution in [2.75, 3.05) is 6.54 Å². The van der Waals surface area contributed by atoms with Crippen LogP contribution in [0.4, 0.5) is 9.18 Å². The first-order valence-corrected chi connectivity index (χ1v) is 6.97. The minimum absolute atomic E-state index is 0.126. The molecule has 7 nitrogen and oxygen atoms in total. The van der Waals surface area contributed by atoms with E-state index in [1.165, 1.54) is 29.9 Å². The van der Waals surface area contributed by atoms with Crippen LogP contribution >= 0.6 is 0 Å². The molecule has 2 aromatic rings. The Kier molecular flexibility index (Phi) is 3.51. The van der Waals surface area contributed by atoms with E-state index in [1.807, 2.05) is 0 Å². The average Bonchev–Trinajstić information content (AvgIpc) is 3.17. The lowest BCUT2D eigenvalue weighted by atomic mass is 9.76. The van der Waals surface area contributed by atoms with E-state index in [0.717, 1.165) is 0 Å². The van der Waals surface area contributed by atoms with Crippen molar-refractivity contribution in [3.05, 3.63) is 48.0 Å². The number of halogens is 1. The molecule has 8 heteroatoms. The van der Waals surface area contributed by atoms with Gasteiger partial charge in [0.25, 0.3) is 0 Å². The quantitative estimate of drug-likeness (QED) is 0.873. The smallest absolute Gasteiger partial charge is 0.407 e. The molecular formula is C15H15FN4O3. The van der Waals surface area contributed by atoms with Crippen LogP contribution in [0.15, 0.2) is 36.7 Å². The number of rotatable bonds is 4. The summed E-state index contributed by atoms with van der Waals surface area (Å²) in [6, 6.07) is 5.97. The Labute approximate surface area is 131 Å². The first-order valence-electron chi connectivity index (χ1n) is 6.97. The second-order valence-electron chi connectivity index (χ2n) is 5.46. The Morgan fingerprint density at radius 3 is 2.87 bits per heavy atom. The number of alkyl carbamates (subject to hydrolysis) is 1. The molecule has 3 rings (SSSR count). The molecule has 3 N–H and O–H groups in total. The van der Waals surface area contributed by atoms with Crippen LogP contribution in [0.2, 0.25) is 0 Å². The summed E-state index contributed by atoms with van der Waals surface area (Å²) in [6.07, 6.45) is 1.71. The minimum atomic E-state index is -1.34. The largest absolute Gasteiger partial charge is 0.443 e. The molecule has 1 aliphatic rings. The van der Waals surface area contributed by atoms with Gasteiger partial charge in [-0.1, -0.05) is 6.07 Å². The van der Waals surface area contributed by atoms with Gasteiger partial charge in [0.05, 0.1) is 6.54 Å². The van der Waals surface area contributed by atoms with Crippen LogP contribution in [-0.2, 0) is 14.9 Å². The zero-order valence-corrected chi connectivity index (χ0v) is 12.3. The van der Waals surface area contributed by atoms with Gasteiger partial charge in [0.15, 0.2) is 0 Å². The maximum atomic E-state index is 14.4. The molecule has 120 valence electrons. The highest BCUT2D eigenvalue weighted by atomic mass is 19.1. The minimum Gasteiger partial charge on any atom is -0.443 e. The van der Waals surface area contributed by atoms with Gasteiger partial charge in [-0.15, -0.1) is 0 Å². The number of ether oxygens (including phenoxy) is 1. The lowest BCUT2D eigenvalue weighted by Crippen LogP contribution is -2.49. The van der Waals surface area contributed by atoms with Gasteiger partial charge >= 0.3 is 6.09 Å². The second kappa shape index (κ2) is 5.38. The molecule has 0 radical (unpaired) electrons. The number of nitrogens with two attached hydrogens (primary N) is 1. The molecule has 1 aliphatic heterocycles. The number of nitrogens with zero attached hydrogens (tertiary/aromatic N) is 2. The number of benzene rings is 1. The summed E-state index contributed by atoms with van der Waals surface area (Å²) in [5, 5.41) is 6.44. The van der Waals surface area contributed by atoms with Crippen molar-refractivity contribution in [3.63, 3.8) is 0 Å². The summed E-state index contributed by atoms with van der Waals surface area (Å²) in [6.45, 7) is 1.66. The van der Waals surface area contributed by atoms with E-state index >= 15 is 0 Å². The number of amides is 2. The molecule has 0 saturated carbocycles. The highest BCUT2D eigenvalue weighted by Gasteiger charge is 2.47. The normalized spacial score (nSPS) is 19.7. The summed E-state index contributed by atoms with van der Waals surface area (Å²) in [5.74, 6) is -1.26. The summed E-state index contributed by atoms with van der Waals surface area (Å²) < 4.78 is 20.9. The zero-order valence-electron chi connectivity index (χ0n) is 12.3. The number of aromatic nitrogens is 2. The van der Waals surface area contributed by atoms with Gasteiger partial charge in [-0.3, -0.25) is 4.79 Å². The Morgan fingerprint density at radius 1 is 1.57 bits per heavy atom. The fraction of sp³-hybridized carbons (Fsp3) is 0.267. The van der Waals surface area contributed by atoms with Gasteiger partial charge in [0, 0.05) is 12.4 Å². The van der Waals surface area contributed by atoms with E-state index in [1.54, 1.807) is 18.3 Å². The molecule has 23 heavy (non-hydrogen) atoms. The molecule has 0 spiro atoms. The third-order valence-corrected chi connectivity index (χ3v) is 4.14. The van der Waals surface area contributed by atoms with Crippen LogP contribution in [0.25, 0.3) is 5.69 Å². The molecule has 1 fully saturated rings. The highest BCUT2D eigenvalue weighted by Crippen LogP contribution is 2.32. The second-order valence-corrected chi connectivity index (χ2v) is 5.46. The van der Waals surface area contributed by atoms with E-state index in [2.05, 4.69) is 10.4 Å². The Balaban J connectivity index is 2.02. The van der Waals surface area contributed by atoms with Gasteiger partial charge in [-0.25, -0.2) is 13.9 Å². The van der Waals surface area contributed by atoms with E-state index in [-0.39, 0.29) is 12.2 Å². The maximum Gasteiger partial charge on any atom is 0.407 e. The number of cyclic esters (lactones) is 1. The maximum absolute atomic E-state index is 14.4. The molecule has 0 aliphatic carbocycles. The van der Waals surface area contributed by atoms with Gasteiger partial charge in [0.1, 0.15) is 23.0 Å². The van der Waals surface area contributed by atoms with Crippen molar-refractivity contribution < 1.29 is 18.7 Å². The third-order valence-electron chi connectivity index (χ3n) is 4.14. The molecule has 2 heterocycles. The zero-order chi connectivity index (χ0) is 16.6. The van der Waals surface area contributed by atoms with Crippen LogP contribution in [-0.4, -0.2) is 34.4 Å².